The van der Waals surface area contributed by atoms with Gasteiger partial charge in [0.1, 0.15) is 0 Å². The second-order valence-electron chi connectivity index (χ2n) is 6.51. The molecule has 17 heavy (non-hydrogen) atoms. The van der Waals surface area contributed by atoms with Crippen LogP contribution in [0, 0.1) is 17.3 Å². The Hall–Kier alpha value is -0.0400. The first kappa shape index (κ1) is 15.0. The molecule has 0 spiro atoms. The molecule has 1 aliphatic rings. The molecule has 0 aromatic heterocycles. The zero-order valence-corrected chi connectivity index (χ0v) is 12.3. The minimum absolute atomic E-state index is 0.498. The van der Waals surface area contributed by atoms with Gasteiger partial charge in [-0.2, -0.15) is 0 Å². The summed E-state index contributed by atoms with van der Waals surface area (Å²) in [6.07, 6.45) is 12.6. The van der Waals surface area contributed by atoms with Gasteiger partial charge in [-0.15, -0.1) is 0 Å². The molecule has 1 unspecified atom stereocenters. The molecule has 1 heteroatoms. The van der Waals surface area contributed by atoms with E-state index in [4.69, 9.17) is 5.73 Å². The van der Waals surface area contributed by atoms with Crippen molar-refractivity contribution in [2.45, 2.75) is 78.6 Å². The van der Waals surface area contributed by atoms with Crippen molar-refractivity contribution in [3.05, 3.63) is 0 Å². The molecule has 1 aliphatic carbocycles. The van der Waals surface area contributed by atoms with Crippen LogP contribution in [0.3, 0.4) is 0 Å². The van der Waals surface area contributed by atoms with Gasteiger partial charge in [0.25, 0.3) is 0 Å². The lowest BCUT2D eigenvalue weighted by Gasteiger charge is -2.41. The van der Waals surface area contributed by atoms with Crippen molar-refractivity contribution in [2.24, 2.45) is 23.0 Å². The fraction of sp³-hybridized carbons (Fsp3) is 1.00. The van der Waals surface area contributed by atoms with Crippen LogP contribution in [0.4, 0.5) is 0 Å². The maximum absolute atomic E-state index is 6.09. The van der Waals surface area contributed by atoms with Gasteiger partial charge in [0.2, 0.25) is 0 Å². The maximum atomic E-state index is 6.09. The Kier molecular flexibility index (Phi) is 6.54. The van der Waals surface area contributed by atoms with Gasteiger partial charge < -0.3 is 5.73 Å². The second-order valence-corrected chi connectivity index (χ2v) is 6.51. The van der Waals surface area contributed by atoms with E-state index >= 15 is 0 Å². The van der Waals surface area contributed by atoms with Crippen LogP contribution in [-0.4, -0.2) is 6.54 Å². The Balaban J connectivity index is 2.39. The highest BCUT2D eigenvalue weighted by Crippen LogP contribution is 2.44. The Bertz CT molecular complexity index is 192. The number of nitrogens with two attached hydrogens (primary N) is 1. The molecule has 0 aromatic carbocycles. The van der Waals surface area contributed by atoms with Gasteiger partial charge in [0.05, 0.1) is 0 Å². The van der Waals surface area contributed by atoms with Gasteiger partial charge in [0.15, 0.2) is 0 Å². The molecule has 0 amide bonds. The van der Waals surface area contributed by atoms with Crippen LogP contribution in [0.1, 0.15) is 78.6 Å². The highest BCUT2D eigenvalue weighted by Gasteiger charge is 2.34. The van der Waals surface area contributed by atoms with Gasteiger partial charge in [0, 0.05) is 0 Å². The SMILES string of the molecule is CCCCC1CCC(CN)(CC(C)CC)CC1. The molecular weight excluding hydrogens is 206 g/mol. The monoisotopic (exact) mass is 239 g/mol. The van der Waals surface area contributed by atoms with E-state index in [-0.39, 0.29) is 0 Å². The lowest BCUT2D eigenvalue weighted by Crippen LogP contribution is -2.36. The minimum Gasteiger partial charge on any atom is -0.330 e. The summed E-state index contributed by atoms with van der Waals surface area (Å²) >= 11 is 0. The maximum Gasteiger partial charge on any atom is -0.00204 e. The standard InChI is InChI=1S/C16H33N/c1-4-6-7-15-8-10-16(13-17,11-9-15)12-14(3)5-2/h14-15H,4-13,17H2,1-3H3. The summed E-state index contributed by atoms with van der Waals surface area (Å²) in [4.78, 5) is 0. The quantitative estimate of drug-likeness (QED) is 0.682. The normalized spacial score (nSPS) is 31.4. The van der Waals surface area contributed by atoms with Crippen molar-refractivity contribution in [1.29, 1.82) is 0 Å². The number of hydrogen-bond acceptors (Lipinski definition) is 1. The molecule has 0 heterocycles. The third-order valence-electron chi connectivity index (χ3n) is 5.04. The van der Waals surface area contributed by atoms with Gasteiger partial charge in [-0.3, -0.25) is 0 Å². The van der Waals surface area contributed by atoms with E-state index in [1.54, 1.807) is 0 Å². The Morgan fingerprint density at radius 1 is 1.24 bits per heavy atom. The molecule has 0 aliphatic heterocycles. The van der Waals surface area contributed by atoms with Crippen LogP contribution in [0.15, 0.2) is 0 Å². The van der Waals surface area contributed by atoms with Crippen LogP contribution in [0.2, 0.25) is 0 Å². The van der Waals surface area contributed by atoms with Crippen LogP contribution >= 0.6 is 0 Å². The summed E-state index contributed by atoms with van der Waals surface area (Å²) in [6, 6.07) is 0. The van der Waals surface area contributed by atoms with Gasteiger partial charge in [-0.1, -0.05) is 46.5 Å². The van der Waals surface area contributed by atoms with Gasteiger partial charge in [-0.05, 0) is 55.9 Å². The predicted octanol–water partition coefficient (Wildman–Crippen LogP) is 4.75. The molecule has 1 saturated carbocycles. The van der Waals surface area contributed by atoms with Crippen molar-refractivity contribution in [3.8, 4) is 0 Å². The first-order valence-corrected chi connectivity index (χ1v) is 7.86. The molecular formula is C16H33N. The summed E-state index contributed by atoms with van der Waals surface area (Å²) in [5.74, 6) is 1.86. The zero-order valence-electron chi connectivity index (χ0n) is 12.3. The summed E-state index contributed by atoms with van der Waals surface area (Å²) in [5.41, 5.74) is 6.58. The Labute approximate surface area is 109 Å². The summed E-state index contributed by atoms with van der Waals surface area (Å²) in [7, 11) is 0. The molecule has 0 saturated heterocycles. The molecule has 0 bridgehead atoms. The van der Waals surface area contributed by atoms with E-state index in [0.717, 1.165) is 18.4 Å². The fourth-order valence-corrected chi connectivity index (χ4v) is 3.45. The van der Waals surface area contributed by atoms with Crippen molar-refractivity contribution >= 4 is 0 Å². The molecule has 1 nitrogen and oxygen atoms in total. The van der Waals surface area contributed by atoms with E-state index in [2.05, 4.69) is 20.8 Å². The highest BCUT2D eigenvalue weighted by molar-refractivity contribution is 4.87. The lowest BCUT2D eigenvalue weighted by molar-refractivity contribution is 0.118. The van der Waals surface area contributed by atoms with Crippen LogP contribution in [0.25, 0.3) is 0 Å². The summed E-state index contributed by atoms with van der Waals surface area (Å²) in [6.45, 7) is 7.91. The van der Waals surface area contributed by atoms with Crippen molar-refractivity contribution in [1.82, 2.24) is 0 Å². The first-order chi connectivity index (χ1) is 8.15. The Morgan fingerprint density at radius 3 is 2.35 bits per heavy atom. The smallest absolute Gasteiger partial charge is 0.00204 e. The van der Waals surface area contributed by atoms with Crippen LogP contribution in [-0.2, 0) is 0 Å². The van der Waals surface area contributed by atoms with E-state index in [1.807, 2.05) is 0 Å². The number of rotatable bonds is 7. The van der Waals surface area contributed by atoms with E-state index in [1.165, 1.54) is 57.8 Å². The number of unbranched alkanes of at least 4 members (excludes halogenated alkanes) is 1. The average Bonchev–Trinajstić information content (AvgIpc) is 2.38. The van der Waals surface area contributed by atoms with Crippen LogP contribution in [0.5, 0.6) is 0 Å². The van der Waals surface area contributed by atoms with Gasteiger partial charge >= 0.3 is 0 Å². The van der Waals surface area contributed by atoms with E-state index < -0.39 is 0 Å². The van der Waals surface area contributed by atoms with E-state index in [0.29, 0.717) is 5.41 Å². The molecule has 1 rings (SSSR count). The third-order valence-corrected chi connectivity index (χ3v) is 5.04. The minimum atomic E-state index is 0.498. The molecule has 1 fully saturated rings. The molecule has 1 atom stereocenters. The van der Waals surface area contributed by atoms with Crippen molar-refractivity contribution in [2.75, 3.05) is 6.54 Å². The molecule has 102 valence electrons. The number of hydrogen-bond donors (Lipinski definition) is 1. The zero-order chi connectivity index (χ0) is 12.7. The topological polar surface area (TPSA) is 26.0 Å². The van der Waals surface area contributed by atoms with E-state index in [9.17, 15) is 0 Å². The molecule has 0 radical (unpaired) electrons. The fourth-order valence-electron chi connectivity index (χ4n) is 3.45. The lowest BCUT2D eigenvalue weighted by atomic mass is 9.65. The second kappa shape index (κ2) is 7.41. The largest absolute Gasteiger partial charge is 0.330 e. The summed E-state index contributed by atoms with van der Waals surface area (Å²) in [5, 5.41) is 0. The predicted molar refractivity (Wildman–Crippen MR) is 77.0 cm³/mol. The van der Waals surface area contributed by atoms with Crippen LogP contribution < -0.4 is 5.73 Å². The Morgan fingerprint density at radius 2 is 1.88 bits per heavy atom. The molecule has 2 N–H and O–H groups in total. The summed E-state index contributed by atoms with van der Waals surface area (Å²) < 4.78 is 0. The molecule has 0 aromatic rings. The van der Waals surface area contributed by atoms with Crippen molar-refractivity contribution < 1.29 is 0 Å². The van der Waals surface area contributed by atoms with Gasteiger partial charge in [-0.25, -0.2) is 0 Å². The third kappa shape index (κ3) is 4.62. The average molecular weight is 239 g/mol. The highest BCUT2D eigenvalue weighted by atomic mass is 14.6. The van der Waals surface area contributed by atoms with Crippen molar-refractivity contribution in [3.63, 3.8) is 0 Å². The first-order valence-electron chi connectivity index (χ1n) is 7.86.